The molecule has 1 atom stereocenters. The Morgan fingerprint density at radius 2 is 1.86 bits per heavy atom. The predicted molar refractivity (Wildman–Crippen MR) is 77.5 cm³/mol. The number of halogens is 4. The Labute approximate surface area is 129 Å². The van der Waals surface area contributed by atoms with Crippen molar-refractivity contribution in [3.63, 3.8) is 0 Å². The zero-order valence-electron chi connectivity index (χ0n) is 11.8. The predicted octanol–water partition coefficient (Wildman–Crippen LogP) is 3.41. The molecular weight excluding hydrogens is 347 g/mol. The van der Waals surface area contributed by atoms with Gasteiger partial charge in [-0.1, -0.05) is 0 Å². The fourth-order valence-corrected chi connectivity index (χ4v) is 2.83. The number of hydrogen-bond donors (Lipinski definition) is 1. The molecule has 0 fully saturated rings. The van der Waals surface area contributed by atoms with Crippen LogP contribution < -0.4 is 5.32 Å². The van der Waals surface area contributed by atoms with Gasteiger partial charge >= 0.3 is 0 Å². The summed E-state index contributed by atoms with van der Waals surface area (Å²) in [5, 5.41) is 7.11. The number of rotatable bonds is 4. The lowest BCUT2D eigenvalue weighted by atomic mass is 10.0. The SMILES string of the molecule is CNC(Cc1c(Br)c(C)nn1C)c1c(F)cc(F)cc1F. The lowest BCUT2D eigenvalue weighted by Crippen LogP contribution is -2.23. The topological polar surface area (TPSA) is 29.9 Å². The first kappa shape index (κ1) is 16.0. The largest absolute Gasteiger partial charge is 0.312 e. The van der Waals surface area contributed by atoms with Crippen molar-refractivity contribution in [1.29, 1.82) is 0 Å². The molecule has 1 aromatic carbocycles. The summed E-state index contributed by atoms with van der Waals surface area (Å²) in [4.78, 5) is 0. The fourth-order valence-electron chi connectivity index (χ4n) is 2.33. The zero-order chi connectivity index (χ0) is 15.7. The van der Waals surface area contributed by atoms with Crippen LogP contribution in [0, 0.1) is 24.4 Å². The molecule has 0 bridgehead atoms. The van der Waals surface area contributed by atoms with Gasteiger partial charge in [0.05, 0.1) is 15.9 Å². The minimum atomic E-state index is -0.929. The van der Waals surface area contributed by atoms with Crippen molar-refractivity contribution in [2.75, 3.05) is 7.05 Å². The molecule has 1 heterocycles. The fraction of sp³-hybridized carbons (Fsp3) is 0.357. The first-order valence-corrected chi connectivity index (χ1v) is 7.14. The molecule has 0 saturated heterocycles. The van der Waals surface area contributed by atoms with Gasteiger partial charge in [-0.15, -0.1) is 0 Å². The van der Waals surface area contributed by atoms with E-state index in [9.17, 15) is 13.2 Å². The smallest absolute Gasteiger partial charge is 0.133 e. The van der Waals surface area contributed by atoms with Crippen LogP contribution in [-0.2, 0) is 13.5 Å². The molecular formula is C14H15BrF3N3. The van der Waals surface area contributed by atoms with E-state index >= 15 is 0 Å². The Hall–Kier alpha value is -1.34. The Morgan fingerprint density at radius 1 is 1.29 bits per heavy atom. The van der Waals surface area contributed by atoms with Crippen LogP contribution in [0.5, 0.6) is 0 Å². The highest BCUT2D eigenvalue weighted by atomic mass is 79.9. The molecule has 21 heavy (non-hydrogen) atoms. The summed E-state index contributed by atoms with van der Waals surface area (Å²) in [5.41, 5.74) is 1.42. The molecule has 1 unspecified atom stereocenters. The molecule has 114 valence electrons. The standard InChI is InChI=1S/C14H15BrF3N3/c1-7-14(15)12(21(3)20-7)6-11(19-2)13-9(17)4-8(16)5-10(13)18/h4-5,11,19H,6H2,1-3H3. The Balaban J connectivity index is 2.41. The number of nitrogens with one attached hydrogen (secondary N) is 1. The van der Waals surface area contributed by atoms with E-state index in [0.29, 0.717) is 18.6 Å². The van der Waals surface area contributed by atoms with Gasteiger partial charge in [0.25, 0.3) is 0 Å². The van der Waals surface area contributed by atoms with E-state index in [-0.39, 0.29) is 5.56 Å². The molecule has 3 nitrogen and oxygen atoms in total. The third-order valence-electron chi connectivity index (χ3n) is 3.40. The van der Waals surface area contributed by atoms with Crippen LogP contribution in [0.4, 0.5) is 13.2 Å². The average molecular weight is 362 g/mol. The Morgan fingerprint density at radius 3 is 2.29 bits per heavy atom. The third kappa shape index (κ3) is 3.13. The van der Waals surface area contributed by atoms with Crippen molar-refractivity contribution in [1.82, 2.24) is 15.1 Å². The number of aryl methyl sites for hydroxylation is 2. The van der Waals surface area contributed by atoms with Crippen molar-refractivity contribution in [3.05, 3.63) is 51.0 Å². The van der Waals surface area contributed by atoms with E-state index in [1.807, 2.05) is 6.92 Å². The lowest BCUT2D eigenvalue weighted by Gasteiger charge is -2.18. The second-order valence-electron chi connectivity index (χ2n) is 4.80. The molecule has 0 aliphatic carbocycles. The van der Waals surface area contributed by atoms with E-state index < -0.39 is 23.5 Å². The van der Waals surface area contributed by atoms with Crippen LogP contribution in [0.1, 0.15) is 23.0 Å². The summed E-state index contributed by atoms with van der Waals surface area (Å²) in [5.74, 6) is -2.73. The molecule has 2 aromatic rings. The van der Waals surface area contributed by atoms with Crippen molar-refractivity contribution in [3.8, 4) is 0 Å². The quantitative estimate of drug-likeness (QED) is 0.904. The molecule has 0 radical (unpaired) electrons. The Bertz CT molecular complexity index is 647. The van der Waals surface area contributed by atoms with Crippen LogP contribution in [0.25, 0.3) is 0 Å². The van der Waals surface area contributed by atoms with Gasteiger partial charge in [0.2, 0.25) is 0 Å². The van der Waals surface area contributed by atoms with Crippen molar-refractivity contribution in [2.45, 2.75) is 19.4 Å². The molecule has 0 aliphatic rings. The third-order valence-corrected chi connectivity index (χ3v) is 4.43. The van der Waals surface area contributed by atoms with Gasteiger partial charge in [-0.05, 0) is 29.9 Å². The molecule has 1 aromatic heterocycles. The molecule has 0 aliphatic heterocycles. The van der Waals surface area contributed by atoms with Crippen molar-refractivity contribution in [2.24, 2.45) is 7.05 Å². The molecule has 0 saturated carbocycles. The zero-order valence-corrected chi connectivity index (χ0v) is 13.4. The maximum absolute atomic E-state index is 13.9. The van der Waals surface area contributed by atoms with Gasteiger partial charge in [0.15, 0.2) is 0 Å². The summed E-state index contributed by atoms with van der Waals surface area (Å²) in [6.07, 6.45) is 0.313. The highest BCUT2D eigenvalue weighted by Gasteiger charge is 2.23. The summed E-state index contributed by atoms with van der Waals surface area (Å²) in [7, 11) is 3.36. The number of benzene rings is 1. The lowest BCUT2D eigenvalue weighted by molar-refractivity contribution is 0.468. The van der Waals surface area contributed by atoms with Crippen LogP contribution in [0.15, 0.2) is 16.6 Å². The first-order valence-electron chi connectivity index (χ1n) is 6.34. The van der Waals surface area contributed by atoms with Gasteiger partial charge in [-0.25, -0.2) is 13.2 Å². The second kappa shape index (κ2) is 6.19. The molecule has 2 rings (SSSR count). The molecule has 0 amide bonds. The summed E-state index contributed by atoms with van der Waals surface area (Å²) in [6.45, 7) is 1.83. The van der Waals surface area contributed by atoms with Crippen LogP contribution in [-0.4, -0.2) is 16.8 Å². The van der Waals surface area contributed by atoms with Crippen LogP contribution in [0.3, 0.4) is 0 Å². The second-order valence-corrected chi connectivity index (χ2v) is 5.59. The van der Waals surface area contributed by atoms with E-state index in [2.05, 4.69) is 26.3 Å². The van der Waals surface area contributed by atoms with Crippen LogP contribution in [0.2, 0.25) is 0 Å². The van der Waals surface area contributed by atoms with Gasteiger partial charge in [-0.2, -0.15) is 5.10 Å². The van der Waals surface area contributed by atoms with E-state index in [0.717, 1.165) is 15.9 Å². The summed E-state index contributed by atoms with van der Waals surface area (Å²) >= 11 is 3.42. The normalized spacial score (nSPS) is 12.7. The van der Waals surface area contributed by atoms with Gasteiger partial charge in [0, 0.05) is 37.2 Å². The number of likely N-dealkylation sites (N-methyl/N-ethyl adjacent to an activating group) is 1. The maximum atomic E-state index is 13.9. The molecule has 1 N–H and O–H groups in total. The van der Waals surface area contributed by atoms with Crippen molar-refractivity contribution < 1.29 is 13.2 Å². The Kier molecular flexibility index (Phi) is 4.73. The van der Waals surface area contributed by atoms with Gasteiger partial charge in [-0.3, -0.25) is 4.68 Å². The monoisotopic (exact) mass is 361 g/mol. The summed E-state index contributed by atoms with van der Waals surface area (Å²) in [6, 6.07) is 0.746. The average Bonchev–Trinajstić information content (AvgIpc) is 2.62. The number of nitrogens with zero attached hydrogens (tertiary/aromatic N) is 2. The first-order chi connectivity index (χ1) is 9.85. The van der Waals surface area contributed by atoms with E-state index in [1.165, 1.54) is 0 Å². The number of aromatic nitrogens is 2. The minimum Gasteiger partial charge on any atom is -0.312 e. The summed E-state index contributed by atoms with van der Waals surface area (Å²) < 4.78 is 43.3. The molecule has 7 heteroatoms. The maximum Gasteiger partial charge on any atom is 0.133 e. The van der Waals surface area contributed by atoms with Gasteiger partial charge < -0.3 is 5.32 Å². The van der Waals surface area contributed by atoms with E-state index in [4.69, 9.17) is 0 Å². The van der Waals surface area contributed by atoms with E-state index in [1.54, 1.807) is 18.8 Å². The highest BCUT2D eigenvalue weighted by Crippen LogP contribution is 2.28. The van der Waals surface area contributed by atoms with Crippen LogP contribution >= 0.6 is 15.9 Å². The minimum absolute atomic E-state index is 0.176. The van der Waals surface area contributed by atoms with Gasteiger partial charge in [0.1, 0.15) is 17.5 Å². The number of hydrogen-bond acceptors (Lipinski definition) is 2. The highest BCUT2D eigenvalue weighted by molar-refractivity contribution is 9.10. The van der Waals surface area contributed by atoms with Crippen molar-refractivity contribution >= 4 is 15.9 Å². The molecule has 0 spiro atoms.